The zero-order chi connectivity index (χ0) is 10.7. The van der Waals surface area contributed by atoms with Gasteiger partial charge in [0.25, 0.3) is 0 Å². The highest BCUT2D eigenvalue weighted by Gasteiger charge is 1.99. The van der Waals surface area contributed by atoms with Crippen molar-refractivity contribution in [3.63, 3.8) is 0 Å². The second-order valence-corrected chi connectivity index (χ2v) is 4.39. The van der Waals surface area contributed by atoms with Crippen LogP contribution in [0.15, 0.2) is 29.6 Å². The van der Waals surface area contributed by atoms with Gasteiger partial charge in [-0.2, -0.15) is 0 Å². The van der Waals surface area contributed by atoms with Crippen molar-refractivity contribution in [2.45, 2.75) is 6.54 Å². The Morgan fingerprint density at radius 2 is 2.07 bits per heavy atom. The van der Waals surface area contributed by atoms with E-state index < -0.39 is 0 Å². The molecular weight excluding hydrogens is 235 g/mol. The molecule has 1 N–H and O–H groups in total. The lowest BCUT2D eigenvalue weighted by Gasteiger charge is -2.03. The normalized spacial score (nSPS) is 10.3. The molecule has 2 rings (SSSR count). The summed E-state index contributed by atoms with van der Waals surface area (Å²) in [6.45, 7) is 0.592. The Morgan fingerprint density at radius 1 is 1.33 bits per heavy atom. The highest BCUT2D eigenvalue weighted by atomic mass is 35.5. The molecule has 2 aromatic rings. The minimum atomic E-state index is -0.239. The Hall–Kier alpha value is -1.13. The molecule has 0 saturated heterocycles. The highest BCUT2D eigenvalue weighted by Crippen LogP contribution is 2.16. The van der Waals surface area contributed by atoms with E-state index in [0.29, 0.717) is 11.0 Å². The average molecular weight is 243 g/mol. The maximum absolute atomic E-state index is 12.6. The number of rotatable bonds is 3. The Kier molecular flexibility index (Phi) is 3.18. The molecule has 15 heavy (non-hydrogen) atoms. The predicted molar refractivity (Wildman–Crippen MR) is 60.9 cm³/mol. The van der Waals surface area contributed by atoms with Crippen molar-refractivity contribution in [1.29, 1.82) is 0 Å². The number of hydrogen-bond acceptors (Lipinski definition) is 3. The summed E-state index contributed by atoms with van der Waals surface area (Å²) in [6.07, 6.45) is 0. The van der Waals surface area contributed by atoms with Crippen LogP contribution in [0.5, 0.6) is 0 Å². The molecule has 1 heterocycles. The number of thiazole rings is 1. The lowest BCUT2D eigenvalue weighted by Crippen LogP contribution is -1.99. The van der Waals surface area contributed by atoms with Crippen molar-refractivity contribution in [2.75, 3.05) is 5.32 Å². The van der Waals surface area contributed by atoms with Gasteiger partial charge in [-0.3, -0.25) is 0 Å². The molecular formula is C10H8ClFN2S. The van der Waals surface area contributed by atoms with Gasteiger partial charge in [0.2, 0.25) is 0 Å². The van der Waals surface area contributed by atoms with Gasteiger partial charge in [-0.25, -0.2) is 9.37 Å². The highest BCUT2D eigenvalue weighted by molar-refractivity contribution is 7.13. The lowest BCUT2D eigenvalue weighted by atomic mass is 10.3. The van der Waals surface area contributed by atoms with E-state index in [4.69, 9.17) is 11.6 Å². The molecule has 0 radical (unpaired) electrons. The predicted octanol–water partition coefficient (Wildman–Crippen LogP) is 3.55. The van der Waals surface area contributed by atoms with E-state index in [1.807, 2.05) is 5.38 Å². The van der Waals surface area contributed by atoms with E-state index in [1.54, 1.807) is 12.1 Å². The van der Waals surface area contributed by atoms with Crippen molar-refractivity contribution in [3.8, 4) is 0 Å². The fourth-order valence-electron chi connectivity index (χ4n) is 1.12. The van der Waals surface area contributed by atoms with Crippen LogP contribution in [0, 0.1) is 5.82 Å². The van der Waals surface area contributed by atoms with E-state index in [1.165, 1.54) is 23.5 Å². The summed E-state index contributed by atoms with van der Waals surface area (Å²) >= 11 is 7.09. The number of benzene rings is 1. The molecule has 0 atom stereocenters. The minimum Gasteiger partial charge on any atom is -0.379 e. The van der Waals surface area contributed by atoms with Gasteiger partial charge in [0, 0.05) is 11.1 Å². The van der Waals surface area contributed by atoms with Gasteiger partial charge in [0.05, 0.1) is 12.2 Å². The molecule has 0 bridgehead atoms. The summed E-state index contributed by atoms with van der Waals surface area (Å²) < 4.78 is 13.1. The quantitative estimate of drug-likeness (QED) is 0.891. The van der Waals surface area contributed by atoms with Crippen LogP contribution < -0.4 is 5.32 Å². The summed E-state index contributed by atoms with van der Waals surface area (Å²) in [5.74, 6) is -0.239. The van der Waals surface area contributed by atoms with Crippen molar-refractivity contribution in [1.82, 2.24) is 4.98 Å². The van der Waals surface area contributed by atoms with Crippen LogP contribution in [-0.4, -0.2) is 4.98 Å². The molecule has 1 aromatic carbocycles. The van der Waals surface area contributed by atoms with Crippen LogP contribution in [0.1, 0.15) is 5.69 Å². The molecule has 5 heteroatoms. The molecule has 78 valence electrons. The van der Waals surface area contributed by atoms with Crippen molar-refractivity contribution >= 4 is 28.6 Å². The molecule has 2 nitrogen and oxygen atoms in total. The molecule has 0 aliphatic rings. The minimum absolute atomic E-state index is 0.239. The maximum Gasteiger partial charge on any atom is 0.183 e. The molecule has 0 fully saturated rings. The number of nitrogens with one attached hydrogen (secondary N) is 1. The molecule has 0 saturated carbocycles. The number of nitrogens with zero attached hydrogens (tertiary/aromatic N) is 1. The zero-order valence-corrected chi connectivity index (χ0v) is 9.28. The fourth-order valence-corrected chi connectivity index (χ4v) is 1.91. The summed E-state index contributed by atoms with van der Waals surface area (Å²) in [7, 11) is 0. The van der Waals surface area contributed by atoms with Gasteiger partial charge in [-0.15, -0.1) is 11.3 Å². The maximum atomic E-state index is 12.6. The first kappa shape index (κ1) is 10.4. The van der Waals surface area contributed by atoms with Crippen LogP contribution >= 0.6 is 22.9 Å². The smallest absolute Gasteiger partial charge is 0.183 e. The summed E-state index contributed by atoms with van der Waals surface area (Å²) in [4.78, 5) is 4.09. The Morgan fingerprint density at radius 3 is 2.67 bits per heavy atom. The SMILES string of the molecule is Fc1ccc(NCc2csc(Cl)n2)cc1. The average Bonchev–Trinajstić information content (AvgIpc) is 2.64. The van der Waals surface area contributed by atoms with Crippen LogP contribution in [-0.2, 0) is 6.54 Å². The number of aromatic nitrogens is 1. The third-order valence-corrected chi connectivity index (χ3v) is 2.87. The van der Waals surface area contributed by atoms with Crippen LogP contribution in [0.3, 0.4) is 0 Å². The Balaban J connectivity index is 1.96. The molecule has 0 spiro atoms. The van der Waals surface area contributed by atoms with E-state index in [9.17, 15) is 4.39 Å². The van der Waals surface area contributed by atoms with Crippen molar-refractivity contribution in [3.05, 3.63) is 45.6 Å². The number of anilines is 1. The first-order chi connectivity index (χ1) is 7.24. The van der Waals surface area contributed by atoms with Gasteiger partial charge in [-0.05, 0) is 24.3 Å². The summed E-state index contributed by atoms with van der Waals surface area (Å²) in [6, 6.07) is 6.19. The first-order valence-electron chi connectivity index (χ1n) is 4.33. The van der Waals surface area contributed by atoms with E-state index in [0.717, 1.165) is 11.4 Å². The second kappa shape index (κ2) is 4.59. The van der Waals surface area contributed by atoms with Gasteiger partial charge >= 0.3 is 0 Å². The van der Waals surface area contributed by atoms with Crippen LogP contribution in [0.4, 0.5) is 10.1 Å². The molecule has 1 aromatic heterocycles. The van der Waals surface area contributed by atoms with Crippen molar-refractivity contribution < 1.29 is 4.39 Å². The molecule has 0 aliphatic heterocycles. The fraction of sp³-hybridized carbons (Fsp3) is 0.100. The standard InChI is InChI=1S/C10H8ClFN2S/c11-10-14-9(6-15-10)5-13-8-3-1-7(12)2-4-8/h1-4,6,13H,5H2. The lowest BCUT2D eigenvalue weighted by molar-refractivity contribution is 0.628. The monoisotopic (exact) mass is 242 g/mol. The number of halogens is 2. The van der Waals surface area contributed by atoms with Gasteiger partial charge in [0.15, 0.2) is 4.47 Å². The summed E-state index contributed by atoms with van der Waals surface area (Å²) in [5, 5.41) is 5.01. The first-order valence-corrected chi connectivity index (χ1v) is 5.59. The Labute approximate surface area is 95.7 Å². The van der Waals surface area contributed by atoms with Crippen molar-refractivity contribution in [2.24, 2.45) is 0 Å². The van der Waals surface area contributed by atoms with E-state index in [-0.39, 0.29) is 5.82 Å². The second-order valence-electron chi connectivity index (χ2n) is 2.95. The third kappa shape index (κ3) is 2.91. The Bertz CT molecular complexity index is 441. The van der Waals surface area contributed by atoms with Crippen LogP contribution in [0.25, 0.3) is 0 Å². The van der Waals surface area contributed by atoms with E-state index >= 15 is 0 Å². The zero-order valence-electron chi connectivity index (χ0n) is 7.71. The topological polar surface area (TPSA) is 24.9 Å². The van der Waals surface area contributed by atoms with Crippen LogP contribution in [0.2, 0.25) is 4.47 Å². The van der Waals surface area contributed by atoms with Gasteiger partial charge in [0.1, 0.15) is 5.82 Å². The van der Waals surface area contributed by atoms with Gasteiger partial charge < -0.3 is 5.32 Å². The van der Waals surface area contributed by atoms with Gasteiger partial charge in [-0.1, -0.05) is 11.6 Å². The molecule has 0 unspecified atom stereocenters. The largest absolute Gasteiger partial charge is 0.379 e. The third-order valence-electron chi connectivity index (χ3n) is 1.84. The number of hydrogen-bond donors (Lipinski definition) is 1. The molecule has 0 aliphatic carbocycles. The van der Waals surface area contributed by atoms with E-state index in [2.05, 4.69) is 10.3 Å². The molecule has 0 amide bonds. The summed E-state index contributed by atoms with van der Waals surface area (Å²) in [5.41, 5.74) is 1.75.